The average molecular weight is 127 g/mol. The Hall–Kier alpha value is -1.08. The molecule has 0 atom stereocenters. The van der Waals surface area contributed by atoms with Gasteiger partial charge in [0.05, 0.1) is 5.54 Å². The first kappa shape index (κ1) is 7.92. The molecule has 0 saturated heterocycles. The normalized spacial score (nSPS) is 10.0. The van der Waals surface area contributed by atoms with E-state index in [4.69, 9.17) is 11.0 Å². The molecule has 4 heteroatoms. The number of carbonyl (C=O) groups excluding carboxylic acids is 1. The summed E-state index contributed by atoms with van der Waals surface area (Å²) in [4.78, 5) is 10.6. The third-order valence-corrected chi connectivity index (χ3v) is 0.755. The summed E-state index contributed by atoms with van der Waals surface area (Å²) in [6.07, 6.45) is 1.49. The molecule has 1 amide bonds. The molecule has 3 N–H and O–H groups in total. The van der Waals surface area contributed by atoms with Crippen LogP contribution < -0.4 is 11.1 Å². The zero-order chi connectivity index (χ0) is 7.49. The molecule has 0 aromatic rings. The van der Waals surface area contributed by atoms with E-state index in [-0.39, 0.29) is 0 Å². The molecule has 0 spiro atoms. The van der Waals surface area contributed by atoms with Crippen molar-refractivity contribution in [1.29, 1.82) is 5.26 Å². The monoisotopic (exact) mass is 127 g/mol. The second kappa shape index (κ2) is 2.46. The molecule has 0 rings (SSSR count). The number of hydrogen-bond donors (Lipinski definition) is 2. The lowest BCUT2D eigenvalue weighted by Crippen LogP contribution is -2.47. The van der Waals surface area contributed by atoms with Crippen LogP contribution in [0.3, 0.4) is 0 Å². The van der Waals surface area contributed by atoms with E-state index in [0.717, 1.165) is 0 Å². The van der Waals surface area contributed by atoms with Crippen molar-refractivity contribution in [3.63, 3.8) is 0 Å². The minimum absolute atomic E-state index is 0.468. The van der Waals surface area contributed by atoms with E-state index in [1.807, 2.05) is 5.32 Å². The van der Waals surface area contributed by atoms with Crippen molar-refractivity contribution in [3.05, 3.63) is 0 Å². The number of nitriles is 1. The van der Waals surface area contributed by atoms with Crippen molar-refractivity contribution in [3.8, 4) is 6.19 Å². The molecule has 0 heterocycles. The highest BCUT2D eigenvalue weighted by molar-refractivity contribution is 5.86. The van der Waals surface area contributed by atoms with Crippen molar-refractivity contribution in [2.45, 2.75) is 19.4 Å². The summed E-state index contributed by atoms with van der Waals surface area (Å²) in [6, 6.07) is 0. The van der Waals surface area contributed by atoms with E-state index in [0.29, 0.717) is 0 Å². The van der Waals surface area contributed by atoms with Crippen LogP contribution >= 0.6 is 0 Å². The van der Waals surface area contributed by atoms with Gasteiger partial charge in [-0.3, -0.25) is 10.1 Å². The van der Waals surface area contributed by atoms with Gasteiger partial charge in [-0.15, -0.1) is 0 Å². The van der Waals surface area contributed by atoms with Gasteiger partial charge in [-0.2, -0.15) is 5.26 Å². The molecule has 0 aromatic heterocycles. The second-order valence-corrected chi connectivity index (χ2v) is 2.29. The Labute approximate surface area is 53.6 Å². The fraction of sp³-hybridized carbons (Fsp3) is 0.600. The Morgan fingerprint density at radius 2 is 2.22 bits per heavy atom. The van der Waals surface area contributed by atoms with Crippen molar-refractivity contribution in [2.24, 2.45) is 5.73 Å². The molecule has 0 unspecified atom stereocenters. The summed E-state index contributed by atoms with van der Waals surface area (Å²) in [6.45, 7) is 3.05. The van der Waals surface area contributed by atoms with E-state index < -0.39 is 11.4 Å². The van der Waals surface area contributed by atoms with E-state index in [9.17, 15) is 4.79 Å². The van der Waals surface area contributed by atoms with Gasteiger partial charge in [0.15, 0.2) is 6.19 Å². The number of nitrogens with zero attached hydrogens (tertiary/aromatic N) is 1. The summed E-state index contributed by atoms with van der Waals surface area (Å²) in [5, 5.41) is 9.89. The zero-order valence-electron chi connectivity index (χ0n) is 5.43. The summed E-state index contributed by atoms with van der Waals surface area (Å²) in [5.74, 6) is -0.468. The molecule has 9 heavy (non-hydrogen) atoms. The number of nitrogens with two attached hydrogens (primary N) is 1. The maximum absolute atomic E-state index is 10.6. The molecular weight excluding hydrogens is 118 g/mol. The molecule has 0 aliphatic heterocycles. The first-order valence-corrected chi connectivity index (χ1v) is 2.47. The standard InChI is InChI=1S/C5H9N3O/c1-5(2,7)4(9)8-3-6/h7H2,1-2H3,(H,8,9). The number of carbonyl (C=O) groups is 1. The highest BCUT2D eigenvalue weighted by Gasteiger charge is 2.20. The minimum Gasteiger partial charge on any atom is -0.318 e. The number of hydrogen-bond acceptors (Lipinski definition) is 3. The maximum atomic E-state index is 10.6. The average Bonchev–Trinajstić information content (AvgIpc) is 1.64. The van der Waals surface area contributed by atoms with Crippen molar-refractivity contribution in [2.75, 3.05) is 0 Å². The molecule has 0 bridgehead atoms. The van der Waals surface area contributed by atoms with Crippen LogP contribution in [0.2, 0.25) is 0 Å². The van der Waals surface area contributed by atoms with Gasteiger partial charge in [0.1, 0.15) is 0 Å². The molecule has 50 valence electrons. The minimum atomic E-state index is -0.963. The summed E-state index contributed by atoms with van der Waals surface area (Å²) in [5.41, 5.74) is 4.34. The van der Waals surface area contributed by atoms with Crippen molar-refractivity contribution >= 4 is 5.91 Å². The summed E-state index contributed by atoms with van der Waals surface area (Å²) < 4.78 is 0. The lowest BCUT2D eigenvalue weighted by atomic mass is 10.1. The largest absolute Gasteiger partial charge is 0.318 e. The topological polar surface area (TPSA) is 78.9 Å². The summed E-state index contributed by atoms with van der Waals surface area (Å²) in [7, 11) is 0. The molecule has 4 nitrogen and oxygen atoms in total. The van der Waals surface area contributed by atoms with Crippen LogP contribution in [-0.2, 0) is 4.79 Å². The predicted molar refractivity (Wildman–Crippen MR) is 32.0 cm³/mol. The number of amides is 1. The lowest BCUT2D eigenvalue weighted by molar-refractivity contribution is -0.124. The molecule has 0 aliphatic rings. The Morgan fingerprint density at radius 1 is 1.78 bits per heavy atom. The van der Waals surface area contributed by atoms with Gasteiger partial charge in [-0.1, -0.05) is 0 Å². The molecular formula is C5H9N3O. The third-order valence-electron chi connectivity index (χ3n) is 0.755. The molecule has 0 radical (unpaired) electrons. The van der Waals surface area contributed by atoms with E-state index in [2.05, 4.69) is 0 Å². The van der Waals surface area contributed by atoms with Crippen molar-refractivity contribution < 1.29 is 4.79 Å². The van der Waals surface area contributed by atoms with Crippen LogP contribution in [0, 0.1) is 11.5 Å². The second-order valence-electron chi connectivity index (χ2n) is 2.29. The van der Waals surface area contributed by atoms with Crippen LogP contribution in [0.25, 0.3) is 0 Å². The van der Waals surface area contributed by atoms with Gasteiger partial charge in [0.25, 0.3) is 5.91 Å². The van der Waals surface area contributed by atoms with Crippen LogP contribution in [0.1, 0.15) is 13.8 Å². The zero-order valence-corrected chi connectivity index (χ0v) is 5.43. The SMILES string of the molecule is CC(C)(N)C(=O)NC#N. The fourth-order valence-corrected chi connectivity index (χ4v) is 0.212. The van der Waals surface area contributed by atoms with Crippen LogP contribution in [-0.4, -0.2) is 11.4 Å². The number of rotatable bonds is 1. The van der Waals surface area contributed by atoms with Crippen LogP contribution in [0.4, 0.5) is 0 Å². The Kier molecular flexibility index (Phi) is 2.17. The van der Waals surface area contributed by atoms with E-state index in [1.54, 1.807) is 0 Å². The first-order chi connectivity index (χ1) is 3.98. The smallest absolute Gasteiger partial charge is 0.252 e. The van der Waals surface area contributed by atoms with Gasteiger partial charge in [-0.05, 0) is 13.8 Å². The predicted octanol–water partition coefficient (Wildman–Crippen LogP) is -0.679. The Balaban J connectivity index is 3.93. The molecule has 0 saturated carbocycles. The molecule has 0 aromatic carbocycles. The number of nitrogens with one attached hydrogen (secondary N) is 1. The Morgan fingerprint density at radius 3 is 2.33 bits per heavy atom. The van der Waals surface area contributed by atoms with Gasteiger partial charge in [0, 0.05) is 0 Å². The molecule has 0 aliphatic carbocycles. The van der Waals surface area contributed by atoms with Gasteiger partial charge < -0.3 is 5.73 Å². The Bertz CT molecular complexity index is 151. The van der Waals surface area contributed by atoms with Gasteiger partial charge >= 0.3 is 0 Å². The highest BCUT2D eigenvalue weighted by Crippen LogP contribution is 1.93. The van der Waals surface area contributed by atoms with Crippen LogP contribution in [0.15, 0.2) is 0 Å². The fourth-order valence-electron chi connectivity index (χ4n) is 0.212. The summed E-state index contributed by atoms with van der Waals surface area (Å²) >= 11 is 0. The van der Waals surface area contributed by atoms with E-state index >= 15 is 0 Å². The van der Waals surface area contributed by atoms with Gasteiger partial charge in [-0.25, -0.2) is 0 Å². The first-order valence-electron chi connectivity index (χ1n) is 2.47. The van der Waals surface area contributed by atoms with Gasteiger partial charge in [0.2, 0.25) is 0 Å². The lowest BCUT2D eigenvalue weighted by Gasteiger charge is -2.13. The molecule has 0 fully saturated rings. The van der Waals surface area contributed by atoms with Crippen LogP contribution in [0.5, 0.6) is 0 Å². The highest BCUT2D eigenvalue weighted by atomic mass is 16.2. The van der Waals surface area contributed by atoms with E-state index in [1.165, 1.54) is 20.0 Å². The van der Waals surface area contributed by atoms with Crippen molar-refractivity contribution in [1.82, 2.24) is 5.32 Å². The quantitative estimate of drug-likeness (QED) is 0.362. The third kappa shape index (κ3) is 2.67. The maximum Gasteiger partial charge on any atom is 0.252 e.